The van der Waals surface area contributed by atoms with E-state index in [1.54, 1.807) is 11.2 Å². The van der Waals surface area contributed by atoms with Gasteiger partial charge in [-0.2, -0.15) is 0 Å². The monoisotopic (exact) mass is 248 g/mol. The lowest BCUT2D eigenvalue weighted by atomic mass is 9.93. The molecule has 1 aliphatic rings. The van der Waals surface area contributed by atoms with E-state index < -0.39 is 10.0 Å². The fourth-order valence-electron chi connectivity index (χ4n) is 1.99. The van der Waals surface area contributed by atoms with Crippen molar-refractivity contribution in [2.45, 2.75) is 39.4 Å². The van der Waals surface area contributed by atoms with Crippen molar-refractivity contribution in [2.24, 2.45) is 5.41 Å². The Hall–Kier alpha value is -0.130. The number of rotatable bonds is 5. The van der Waals surface area contributed by atoms with E-state index in [4.69, 9.17) is 0 Å². The normalized spacial score (nSPS) is 23.5. The topological polar surface area (TPSA) is 49.4 Å². The smallest absolute Gasteiger partial charge is 0.217 e. The predicted octanol–water partition coefficient (Wildman–Crippen LogP) is 1.05. The van der Waals surface area contributed by atoms with Crippen LogP contribution in [0.4, 0.5) is 0 Å². The van der Waals surface area contributed by atoms with Gasteiger partial charge in [-0.15, -0.1) is 0 Å². The van der Waals surface area contributed by atoms with E-state index >= 15 is 0 Å². The molecule has 4 nitrogen and oxygen atoms in total. The van der Waals surface area contributed by atoms with E-state index in [9.17, 15) is 8.42 Å². The van der Waals surface area contributed by atoms with Gasteiger partial charge in [0.1, 0.15) is 0 Å². The van der Waals surface area contributed by atoms with Crippen molar-refractivity contribution in [3.8, 4) is 0 Å². The minimum atomic E-state index is -3.11. The number of nitrogens with one attached hydrogen (secondary N) is 1. The van der Waals surface area contributed by atoms with E-state index in [0.717, 1.165) is 13.0 Å². The van der Waals surface area contributed by atoms with Gasteiger partial charge in [0, 0.05) is 19.6 Å². The van der Waals surface area contributed by atoms with Crippen LogP contribution in [0.1, 0.15) is 34.1 Å². The highest BCUT2D eigenvalue weighted by Crippen LogP contribution is 2.31. The van der Waals surface area contributed by atoms with Crippen LogP contribution < -0.4 is 5.32 Å². The zero-order chi connectivity index (χ0) is 12.4. The summed E-state index contributed by atoms with van der Waals surface area (Å²) >= 11 is 0. The molecule has 1 atom stereocenters. The molecule has 1 N–H and O–H groups in total. The highest BCUT2D eigenvalue weighted by Gasteiger charge is 2.38. The molecule has 0 amide bonds. The number of hydrogen-bond donors (Lipinski definition) is 1. The Balaban J connectivity index is 2.64. The van der Waals surface area contributed by atoms with Crippen molar-refractivity contribution in [3.63, 3.8) is 0 Å². The lowest BCUT2D eigenvalue weighted by Crippen LogP contribution is -2.41. The molecular formula is C11H24N2O2S. The summed E-state index contributed by atoms with van der Waals surface area (Å²) in [7, 11) is -3.11. The van der Waals surface area contributed by atoms with Gasteiger partial charge in [-0.25, -0.2) is 12.7 Å². The quantitative estimate of drug-likeness (QED) is 0.791. The first kappa shape index (κ1) is 13.9. The van der Waals surface area contributed by atoms with E-state index in [2.05, 4.69) is 19.2 Å². The molecule has 5 heteroatoms. The largest absolute Gasteiger partial charge is 0.316 e. The molecule has 0 spiro atoms. The highest BCUT2D eigenvalue weighted by atomic mass is 32.2. The molecule has 1 rings (SSSR count). The summed E-state index contributed by atoms with van der Waals surface area (Å²) in [6.45, 7) is 10.7. The first-order chi connectivity index (χ1) is 7.29. The van der Waals surface area contributed by atoms with Gasteiger partial charge in [-0.3, -0.25) is 0 Å². The SMILES string of the molecule is CCNCC(C)S(=O)(=O)N1CCC(C)(C)C1. The van der Waals surface area contributed by atoms with Crippen LogP contribution in [0.3, 0.4) is 0 Å². The molecule has 1 saturated heterocycles. The van der Waals surface area contributed by atoms with Crippen molar-refractivity contribution in [1.82, 2.24) is 9.62 Å². The average Bonchev–Trinajstić information content (AvgIpc) is 2.55. The maximum Gasteiger partial charge on any atom is 0.217 e. The minimum absolute atomic E-state index is 0.130. The van der Waals surface area contributed by atoms with Crippen LogP contribution in [0, 0.1) is 5.41 Å². The second kappa shape index (κ2) is 5.02. The van der Waals surface area contributed by atoms with Crippen molar-refractivity contribution in [1.29, 1.82) is 0 Å². The summed E-state index contributed by atoms with van der Waals surface area (Å²) in [6, 6.07) is 0. The first-order valence-electron chi connectivity index (χ1n) is 5.99. The zero-order valence-electron chi connectivity index (χ0n) is 10.8. The van der Waals surface area contributed by atoms with E-state index in [-0.39, 0.29) is 10.7 Å². The van der Waals surface area contributed by atoms with Crippen LogP contribution in [-0.2, 0) is 10.0 Å². The van der Waals surface area contributed by atoms with E-state index in [0.29, 0.717) is 19.6 Å². The van der Waals surface area contributed by atoms with Crippen LogP contribution in [0.25, 0.3) is 0 Å². The van der Waals surface area contributed by atoms with Crippen LogP contribution in [-0.4, -0.2) is 44.2 Å². The molecule has 0 aliphatic carbocycles. The Bertz CT molecular complexity index is 325. The first-order valence-corrected chi connectivity index (χ1v) is 7.49. The van der Waals surface area contributed by atoms with Crippen LogP contribution in [0.2, 0.25) is 0 Å². The second-order valence-corrected chi connectivity index (χ2v) is 7.76. The van der Waals surface area contributed by atoms with Gasteiger partial charge in [-0.1, -0.05) is 20.8 Å². The third kappa shape index (κ3) is 3.18. The van der Waals surface area contributed by atoms with Crippen molar-refractivity contribution in [3.05, 3.63) is 0 Å². The molecule has 0 radical (unpaired) electrons. The third-order valence-corrected chi connectivity index (χ3v) is 5.41. The Morgan fingerprint density at radius 1 is 1.44 bits per heavy atom. The minimum Gasteiger partial charge on any atom is -0.316 e. The molecule has 0 aromatic carbocycles. The number of hydrogen-bond acceptors (Lipinski definition) is 3. The molecular weight excluding hydrogens is 224 g/mol. The van der Waals surface area contributed by atoms with Gasteiger partial charge in [0.2, 0.25) is 10.0 Å². The summed E-state index contributed by atoms with van der Waals surface area (Å²) in [5.74, 6) is 0. The van der Waals surface area contributed by atoms with Gasteiger partial charge in [0.25, 0.3) is 0 Å². The standard InChI is InChI=1S/C11H24N2O2S/c1-5-12-8-10(2)16(14,15)13-7-6-11(3,4)9-13/h10,12H,5-9H2,1-4H3. The molecule has 0 bridgehead atoms. The fourth-order valence-corrected chi connectivity index (χ4v) is 3.70. The lowest BCUT2D eigenvalue weighted by Gasteiger charge is -2.23. The van der Waals surface area contributed by atoms with Gasteiger partial charge < -0.3 is 5.32 Å². The van der Waals surface area contributed by atoms with Crippen LogP contribution >= 0.6 is 0 Å². The van der Waals surface area contributed by atoms with E-state index in [1.807, 2.05) is 6.92 Å². The molecule has 1 fully saturated rings. The maximum absolute atomic E-state index is 12.2. The molecule has 16 heavy (non-hydrogen) atoms. The van der Waals surface area contributed by atoms with E-state index in [1.165, 1.54) is 0 Å². The molecule has 0 saturated carbocycles. The summed E-state index contributed by atoms with van der Waals surface area (Å²) in [4.78, 5) is 0. The summed E-state index contributed by atoms with van der Waals surface area (Å²) in [5, 5.41) is 2.76. The second-order valence-electron chi connectivity index (χ2n) is 5.41. The number of sulfonamides is 1. The maximum atomic E-state index is 12.2. The fraction of sp³-hybridized carbons (Fsp3) is 1.00. The molecule has 1 heterocycles. The summed E-state index contributed by atoms with van der Waals surface area (Å²) in [6.07, 6.45) is 0.958. The lowest BCUT2D eigenvalue weighted by molar-refractivity contribution is 0.373. The van der Waals surface area contributed by atoms with Crippen molar-refractivity contribution < 1.29 is 8.42 Å². The Labute approximate surface area is 99.5 Å². The highest BCUT2D eigenvalue weighted by molar-refractivity contribution is 7.89. The number of nitrogens with zero attached hydrogens (tertiary/aromatic N) is 1. The Morgan fingerprint density at radius 2 is 2.06 bits per heavy atom. The summed E-state index contributed by atoms with van der Waals surface area (Å²) < 4.78 is 26.1. The Kier molecular flexibility index (Phi) is 4.37. The third-order valence-electron chi connectivity index (χ3n) is 3.19. The van der Waals surface area contributed by atoms with Crippen molar-refractivity contribution >= 4 is 10.0 Å². The predicted molar refractivity (Wildman–Crippen MR) is 66.9 cm³/mol. The molecule has 96 valence electrons. The van der Waals surface area contributed by atoms with Gasteiger partial charge in [0.05, 0.1) is 5.25 Å². The zero-order valence-corrected chi connectivity index (χ0v) is 11.6. The average molecular weight is 248 g/mol. The van der Waals surface area contributed by atoms with Crippen LogP contribution in [0.5, 0.6) is 0 Å². The van der Waals surface area contributed by atoms with Gasteiger partial charge in [-0.05, 0) is 25.3 Å². The Morgan fingerprint density at radius 3 is 2.50 bits per heavy atom. The van der Waals surface area contributed by atoms with Gasteiger partial charge >= 0.3 is 0 Å². The van der Waals surface area contributed by atoms with Crippen LogP contribution in [0.15, 0.2) is 0 Å². The van der Waals surface area contributed by atoms with Gasteiger partial charge in [0.15, 0.2) is 0 Å². The molecule has 0 aromatic rings. The molecule has 0 aromatic heterocycles. The molecule has 1 aliphatic heterocycles. The summed E-state index contributed by atoms with van der Waals surface area (Å²) in [5.41, 5.74) is 0.130. The molecule has 1 unspecified atom stereocenters. The van der Waals surface area contributed by atoms with Crippen molar-refractivity contribution in [2.75, 3.05) is 26.2 Å².